The van der Waals surface area contributed by atoms with Crippen LogP contribution in [0.25, 0.3) is 0 Å². The van der Waals surface area contributed by atoms with E-state index in [4.69, 9.17) is 14.0 Å². The van der Waals surface area contributed by atoms with Crippen molar-refractivity contribution in [2.24, 2.45) is 0 Å². The number of nitrogens with zero attached hydrogens (tertiary/aromatic N) is 1. The van der Waals surface area contributed by atoms with Crippen molar-refractivity contribution in [2.75, 3.05) is 7.11 Å². The Balaban J connectivity index is 1.90. The first-order valence-corrected chi connectivity index (χ1v) is 7.73. The average molecular weight is 289 g/mol. The Kier molecular flexibility index (Phi) is 3.53. The van der Waals surface area contributed by atoms with Crippen LogP contribution in [0.3, 0.4) is 0 Å². The second-order valence-corrected chi connectivity index (χ2v) is 7.08. The smallest absolute Gasteiger partial charge is 0.481 e. The zero-order valence-corrected chi connectivity index (χ0v) is 13.6. The van der Waals surface area contributed by atoms with Crippen LogP contribution in [0.1, 0.15) is 58.4 Å². The van der Waals surface area contributed by atoms with Gasteiger partial charge in [-0.15, -0.1) is 0 Å². The SMILES string of the molecule is COc1ncc(B2OC(C)(C)C(C)(C)O2)cc1C1CCC1. The minimum Gasteiger partial charge on any atom is -0.481 e. The van der Waals surface area contributed by atoms with Crippen LogP contribution in [0.2, 0.25) is 0 Å². The number of ether oxygens (including phenoxy) is 1. The topological polar surface area (TPSA) is 40.6 Å². The Morgan fingerprint density at radius 3 is 2.29 bits per heavy atom. The summed E-state index contributed by atoms with van der Waals surface area (Å²) in [7, 11) is 1.33. The summed E-state index contributed by atoms with van der Waals surface area (Å²) >= 11 is 0. The molecule has 1 saturated heterocycles. The highest BCUT2D eigenvalue weighted by atomic mass is 16.7. The van der Waals surface area contributed by atoms with Crippen LogP contribution in [-0.4, -0.2) is 30.4 Å². The number of rotatable bonds is 3. The van der Waals surface area contributed by atoms with E-state index >= 15 is 0 Å². The lowest BCUT2D eigenvalue weighted by molar-refractivity contribution is 0.00578. The van der Waals surface area contributed by atoms with E-state index in [1.165, 1.54) is 24.8 Å². The number of pyridine rings is 1. The molecule has 0 spiro atoms. The van der Waals surface area contributed by atoms with Crippen LogP contribution >= 0.6 is 0 Å². The molecule has 1 saturated carbocycles. The van der Waals surface area contributed by atoms with Crippen LogP contribution < -0.4 is 10.2 Å². The second-order valence-electron chi connectivity index (χ2n) is 7.08. The first-order chi connectivity index (χ1) is 9.84. The summed E-state index contributed by atoms with van der Waals surface area (Å²) in [5.41, 5.74) is 1.52. The fraction of sp³-hybridized carbons (Fsp3) is 0.688. The molecule has 5 heteroatoms. The molecule has 0 radical (unpaired) electrons. The normalized spacial score (nSPS) is 24.0. The molecule has 3 rings (SSSR count). The largest absolute Gasteiger partial charge is 0.496 e. The van der Waals surface area contributed by atoms with Gasteiger partial charge in [0.1, 0.15) is 0 Å². The average Bonchev–Trinajstić information content (AvgIpc) is 2.56. The van der Waals surface area contributed by atoms with Gasteiger partial charge in [-0.25, -0.2) is 4.98 Å². The first-order valence-electron chi connectivity index (χ1n) is 7.73. The Bertz CT molecular complexity index is 524. The lowest BCUT2D eigenvalue weighted by Crippen LogP contribution is -2.41. The Hall–Kier alpha value is -1.07. The van der Waals surface area contributed by atoms with Gasteiger partial charge in [-0.1, -0.05) is 12.5 Å². The van der Waals surface area contributed by atoms with Crippen molar-refractivity contribution in [1.29, 1.82) is 0 Å². The summed E-state index contributed by atoms with van der Waals surface area (Å²) in [6, 6.07) is 2.15. The van der Waals surface area contributed by atoms with Gasteiger partial charge in [0.15, 0.2) is 0 Å². The van der Waals surface area contributed by atoms with E-state index in [2.05, 4.69) is 38.7 Å². The molecule has 0 atom stereocenters. The van der Waals surface area contributed by atoms with E-state index in [-0.39, 0.29) is 18.3 Å². The predicted octanol–water partition coefficient (Wildman–Crippen LogP) is 2.66. The number of hydrogen-bond donors (Lipinski definition) is 0. The molecule has 0 aromatic carbocycles. The quantitative estimate of drug-likeness (QED) is 0.802. The Morgan fingerprint density at radius 1 is 1.19 bits per heavy atom. The fourth-order valence-corrected chi connectivity index (χ4v) is 2.78. The second kappa shape index (κ2) is 4.99. The van der Waals surface area contributed by atoms with Crippen molar-refractivity contribution in [3.05, 3.63) is 17.8 Å². The van der Waals surface area contributed by atoms with Crippen LogP contribution in [0.5, 0.6) is 5.88 Å². The maximum absolute atomic E-state index is 6.11. The van der Waals surface area contributed by atoms with Crippen molar-refractivity contribution in [3.8, 4) is 5.88 Å². The maximum Gasteiger partial charge on any atom is 0.496 e. The van der Waals surface area contributed by atoms with Gasteiger partial charge in [0.2, 0.25) is 5.88 Å². The molecule has 0 amide bonds. The standard InChI is InChI=1S/C16H24BNO3/c1-15(2)16(3,4)21-17(20-15)12-9-13(11-7-6-8-11)14(19-5)18-10-12/h9-11H,6-8H2,1-5H3. The van der Waals surface area contributed by atoms with Gasteiger partial charge >= 0.3 is 7.12 Å². The molecular weight excluding hydrogens is 265 g/mol. The fourth-order valence-electron chi connectivity index (χ4n) is 2.78. The van der Waals surface area contributed by atoms with Gasteiger partial charge in [-0.05, 0) is 46.5 Å². The molecule has 2 fully saturated rings. The lowest BCUT2D eigenvalue weighted by atomic mass is 9.75. The molecule has 0 N–H and O–H groups in total. The summed E-state index contributed by atoms with van der Waals surface area (Å²) in [6.45, 7) is 8.27. The number of methoxy groups -OCH3 is 1. The highest BCUT2D eigenvalue weighted by Gasteiger charge is 2.52. The minimum atomic E-state index is -0.354. The predicted molar refractivity (Wildman–Crippen MR) is 83.1 cm³/mol. The first kappa shape index (κ1) is 14.9. The third-order valence-corrected chi connectivity index (χ3v) is 5.16. The molecule has 114 valence electrons. The van der Waals surface area contributed by atoms with Crippen molar-refractivity contribution >= 4 is 12.6 Å². The van der Waals surface area contributed by atoms with Gasteiger partial charge in [0.05, 0.1) is 18.3 Å². The summed E-state index contributed by atoms with van der Waals surface area (Å²) < 4.78 is 17.6. The molecule has 21 heavy (non-hydrogen) atoms. The van der Waals surface area contributed by atoms with Gasteiger partial charge in [-0.2, -0.15) is 0 Å². The Morgan fingerprint density at radius 2 is 1.81 bits per heavy atom. The molecule has 1 aromatic rings. The molecule has 1 aromatic heterocycles. The highest BCUT2D eigenvalue weighted by molar-refractivity contribution is 6.62. The molecule has 4 nitrogen and oxygen atoms in total. The third-order valence-electron chi connectivity index (χ3n) is 5.16. The lowest BCUT2D eigenvalue weighted by Gasteiger charge is -2.32. The highest BCUT2D eigenvalue weighted by Crippen LogP contribution is 2.40. The van der Waals surface area contributed by atoms with Gasteiger partial charge < -0.3 is 14.0 Å². The minimum absolute atomic E-state index is 0.325. The molecule has 0 unspecified atom stereocenters. The monoisotopic (exact) mass is 289 g/mol. The molecule has 2 heterocycles. The Labute approximate surface area is 127 Å². The van der Waals surface area contributed by atoms with Crippen molar-refractivity contribution in [1.82, 2.24) is 4.98 Å². The van der Waals surface area contributed by atoms with Crippen LogP contribution in [0.15, 0.2) is 12.3 Å². The van der Waals surface area contributed by atoms with Crippen molar-refractivity contribution in [3.63, 3.8) is 0 Å². The molecule has 1 aliphatic heterocycles. The van der Waals surface area contributed by atoms with Crippen LogP contribution in [0, 0.1) is 0 Å². The summed E-state index contributed by atoms with van der Waals surface area (Å²) in [6.07, 6.45) is 5.52. The molecular formula is C16H24BNO3. The maximum atomic E-state index is 6.11. The third kappa shape index (κ3) is 2.47. The summed E-state index contributed by atoms with van der Waals surface area (Å²) in [5.74, 6) is 1.30. The number of aromatic nitrogens is 1. The van der Waals surface area contributed by atoms with Crippen molar-refractivity contribution < 1.29 is 14.0 Å². The zero-order valence-electron chi connectivity index (χ0n) is 13.6. The van der Waals surface area contributed by atoms with E-state index in [0.29, 0.717) is 5.92 Å². The van der Waals surface area contributed by atoms with E-state index in [1.54, 1.807) is 7.11 Å². The molecule has 0 bridgehead atoms. The van der Waals surface area contributed by atoms with E-state index < -0.39 is 0 Å². The van der Waals surface area contributed by atoms with E-state index in [0.717, 1.165) is 11.3 Å². The van der Waals surface area contributed by atoms with Gasteiger partial charge in [0.25, 0.3) is 0 Å². The van der Waals surface area contributed by atoms with Gasteiger partial charge in [-0.3, -0.25) is 0 Å². The van der Waals surface area contributed by atoms with Crippen molar-refractivity contribution in [2.45, 2.75) is 64.1 Å². The summed E-state index contributed by atoms with van der Waals surface area (Å²) in [4.78, 5) is 4.46. The zero-order chi connectivity index (χ0) is 15.3. The number of hydrogen-bond acceptors (Lipinski definition) is 4. The molecule has 1 aliphatic carbocycles. The van der Waals surface area contributed by atoms with Crippen LogP contribution in [0.4, 0.5) is 0 Å². The van der Waals surface area contributed by atoms with Crippen LogP contribution in [-0.2, 0) is 9.31 Å². The van der Waals surface area contributed by atoms with Gasteiger partial charge in [0, 0.05) is 17.2 Å². The van der Waals surface area contributed by atoms with E-state index in [9.17, 15) is 0 Å². The summed E-state index contributed by atoms with van der Waals surface area (Å²) in [5, 5.41) is 0. The van der Waals surface area contributed by atoms with E-state index in [1.807, 2.05) is 6.20 Å². The molecule has 2 aliphatic rings.